The van der Waals surface area contributed by atoms with Gasteiger partial charge in [-0.1, -0.05) is 49.5 Å². The lowest BCUT2D eigenvalue weighted by Crippen LogP contribution is -2.28. The summed E-state index contributed by atoms with van der Waals surface area (Å²) >= 11 is 0.579. The third kappa shape index (κ3) is 11.5. The summed E-state index contributed by atoms with van der Waals surface area (Å²) in [6, 6.07) is 19.2. The normalized spacial score (nSPS) is 16.1. The van der Waals surface area contributed by atoms with Gasteiger partial charge in [0.1, 0.15) is 16.3 Å². The number of nitrogens with zero attached hydrogens (tertiary/aromatic N) is 5. The molecule has 0 radical (unpaired) electrons. The Kier molecular flexibility index (Phi) is 15.4. The van der Waals surface area contributed by atoms with E-state index in [-0.39, 0.29) is 44.3 Å². The number of rotatable bonds is 16. The van der Waals surface area contributed by atoms with E-state index in [0.29, 0.717) is 87.3 Å². The number of nitrogens with two attached hydrogens (primary N) is 1. The maximum atomic E-state index is 13.6. The highest BCUT2D eigenvalue weighted by Gasteiger charge is 2.46. The van der Waals surface area contributed by atoms with Crippen molar-refractivity contribution in [2.24, 2.45) is 5.14 Å². The molecular formula is C53H51N8O16S6+. The number of hydrogen-bond donors (Lipinski definition) is 7. The molecule has 8 N–H and O–H groups in total. The molecule has 24 nitrogen and oxygen atoms in total. The molecule has 0 saturated heterocycles. The molecule has 9 rings (SSSR count). The number of amides is 2. The summed E-state index contributed by atoms with van der Waals surface area (Å²) in [6.07, 6.45) is 8.44. The number of hydrogen-bond acceptors (Lipinski definition) is 17. The maximum absolute atomic E-state index is 13.6. The molecule has 5 aromatic carbocycles. The van der Waals surface area contributed by atoms with Crippen LogP contribution in [0.5, 0.6) is 0 Å². The van der Waals surface area contributed by atoms with Gasteiger partial charge in [0, 0.05) is 75.7 Å². The molecule has 0 fully saturated rings. The van der Waals surface area contributed by atoms with Crippen LogP contribution < -0.4 is 20.7 Å². The molecular weight excluding hydrogens is 1200 g/mol. The van der Waals surface area contributed by atoms with E-state index in [4.69, 9.17) is 10.1 Å². The lowest BCUT2D eigenvalue weighted by Gasteiger charge is -2.26. The Morgan fingerprint density at radius 1 is 0.687 bits per heavy atom. The monoisotopic (exact) mass is 1250 g/mol. The maximum Gasteiger partial charge on any atom is 0.295 e. The van der Waals surface area contributed by atoms with Crippen LogP contribution in [0.15, 0.2) is 145 Å². The van der Waals surface area contributed by atoms with Crippen LogP contribution in [0, 0.1) is 0 Å². The number of fused-ring (bicyclic) bond motifs is 6. The van der Waals surface area contributed by atoms with E-state index in [1.54, 1.807) is 60.7 Å². The number of primary sulfonamides is 1. The SMILES string of the molecule is CCN1C(=CC=C(C=CC2=[N+](CC)c3ccc4c(S(=O)(=O)O)cc(S(=O)(=O)O)cc4c3C2(C)C)c2ccc(C(=O)NCc3ccc(C(=O)Nc4nnc(S(N)(=O)=O)s4)cc3)cn2)C(C)(C)c2c1ccc1c(S(=O)(=O)O)cc(S(=O)(=O)O)cc21. The molecule has 2 aromatic heterocycles. The van der Waals surface area contributed by atoms with Gasteiger partial charge in [0.15, 0.2) is 5.71 Å². The van der Waals surface area contributed by atoms with E-state index < -0.39 is 97.1 Å². The smallest absolute Gasteiger partial charge is 0.295 e. The van der Waals surface area contributed by atoms with E-state index in [1.165, 1.54) is 30.5 Å². The standard InChI is InChI=1S/C53H50N8O16S6/c1-7-60-40-19-16-35-37(23-33(80(66,67)68)25-42(35)82(72,73)74)46(40)52(3,4)44(60)21-14-30(15-22-45-53(5,6)47-38-24-34(81(69,70)71)26-43(83(75,76)77)36(38)17-20-41(47)61(45)8-2)39-18-13-32(28-55-39)48(62)56-27-29-9-11-31(12-10-29)49(63)57-50-58-59-51(78-50)79(54,64)65/h9-26,28H,7-8,27H2,1-6H3,(H7-,54,56,57,58,62,63,64,65,66,67,68,69,70,71,72,73,74,75,76,77)/p+1. The number of allylic oxidation sites excluding steroid dienone is 6. The van der Waals surface area contributed by atoms with Gasteiger partial charge in [-0.3, -0.25) is 38.1 Å². The Morgan fingerprint density at radius 3 is 1.78 bits per heavy atom. The zero-order valence-electron chi connectivity index (χ0n) is 44.5. The number of sulfonamides is 1. The number of carbonyl (C=O) groups excluding carboxylic acids is 2. The molecule has 4 heterocycles. The minimum atomic E-state index is -5.02. The molecule has 0 atom stereocenters. The molecule has 83 heavy (non-hydrogen) atoms. The number of nitrogens with one attached hydrogen (secondary N) is 2. The minimum absolute atomic E-state index is 0.0000200. The minimum Gasteiger partial charge on any atom is -0.348 e. The summed E-state index contributed by atoms with van der Waals surface area (Å²) in [5, 5.41) is 17.6. The first-order valence-corrected chi connectivity index (χ1v) is 32.8. The third-order valence-electron chi connectivity index (χ3n) is 14.3. The van der Waals surface area contributed by atoms with Crippen molar-refractivity contribution in [2.45, 2.75) is 82.8 Å². The van der Waals surface area contributed by atoms with E-state index >= 15 is 0 Å². The molecule has 2 aliphatic heterocycles. The topological polar surface area (TPSA) is 381 Å². The summed E-state index contributed by atoms with van der Waals surface area (Å²) in [6.45, 7) is 11.8. The van der Waals surface area contributed by atoms with Gasteiger partial charge >= 0.3 is 0 Å². The molecule has 2 amide bonds. The summed E-state index contributed by atoms with van der Waals surface area (Å²) in [4.78, 5) is 30.1. The first-order chi connectivity index (χ1) is 38.5. The molecule has 434 valence electrons. The molecule has 30 heteroatoms. The number of pyridine rings is 1. The number of benzene rings is 5. The van der Waals surface area contributed by atoms with Gasteiger partial charge in [0.25, 0.3) is 62.3 Å². The summed E-state index contributed by atoms with van der Waals surface area (Å²) < 4.78 is 166. The Balaban J connectivity index is 1.10. The van der Waals surface area contributed by atoms with Crippen molar-refractivity contribution in [3.05, 3.63) is 155 Å². The number of carbonyl (C=O) groups is 2. The van der Waals surface area contributed by atoms with E-state index in [9.17, 15) is 69.9 Å². The molecule has 2 aliphatic rings. The second-order valence-corrected chi connectivity index (χ2v) is 28.5. The molecule has 7 aromatic rings. The summed E-state index contributed by atoms with van der Waals surface area (Å²) in [7, 11) is -24.1. The van der Waals surface area contributed by atoms with Gasteiger partial charge in [0.05, 0.1) is 26.5 Å². The van der Waals surface area contributed by atoms with Crippen molar-refractivity contribution in [2.75, 3.05) is 23.3 Å². The van der Waals surface area contributed by atoms with Crippen LogP contribution in [0.25, 0.3) is 27.1 Å². The lowest BCUT2D eigenvalue weighted by molar-refractivity contribution is -0.433. The number of likely N-dealkylation sites (N-methyl/N-ethyl adjacent to an activating group) is 1. The predicted molar refractivity (Wildman–Crippen MR) is 308 cm³/mol. The average Bonchev–Trinajstić information content (AvgIpc) is 1.75. The highest BCUT2D eigenvalue weighted by molar-refractivity contribution is 7.91. The first kappa shape index (κ1) is 60.1. The van der Waals surface area contributed by atoms with Gasteiger partial charge in [0.2, 0.25) is 15.2 Å². The van der Waals surface area contributed by atoms with Crippen LogP contribution >= 0.6 is 11.3 Å². The predicted octanol–water partition coefficient (Wildman–Crippen LogP) is 6.79. The molecule has 0 spiro atoms. The van der Waals surface area contributed by atoms with Crippen molar-refractivity contribution in [1.82, 2.24) is 20.5 Å². The largest absolute Gasteiger partial charge is 0.348 e. The van der Waals surface area contributed by atoms with Crippen LogP contribution in [0.2, 0.25) is 0 Å². The summed E-state index contributed by atoms with van der Waals surface area (Å²) in [5.74, 6) is -1.12. The van der Waals surface area contributed by atoms with Crippen LogP contribution in [0.1, 0.15) is 84.6 Å². The van der Waals surface area contributed by atoms with Gasteiger partial charge in [-0.2, -0.15) is 38.2 Å². The highest BCUT2D eigenvalue weighted by Crippen LogP contribution is 2.52. The zero-order valence-corrected chi connectivity index (χ0v) is 49.4. The van der Waals surface area contributed by atoms with Crippen LogP contribution in [-0.4, -0.2) is 111 Å². The van der Waals surface area contributed by atoms with E-state index in [1.807, 2.05) is 51.0 Å². The van der Waals surface area contributed by atoms with Crippen LogP contribution in [0.4, 0.5) is 16.5 Å². The van der Waals surface area contributed by atoms with Crippen LogP contribution in [-0.2, 0) is 67.9 Å². The molecule has 0 bridgehead atoms. The van der Waals surface area contributed by atoms with Gasteiger partial charge in [-0.15, -0.1) is 10.2 Å². The van der Waals surface area contributed by atoms with Crippen molar-refractivity contribution in [1.29, 1.82) is 0 Å². The Hall–Kier alpha value is -7.49. The third-order valence-corrected chi connectivity index (χ3v) is 19.9. The Labute approximate surface area is 480 Å². The number of anilines is 2. The molecule has 0 aliphatic carbocycles. The fourth-order valence-corrected chi connectivity index (χ4v) is 14.6. The fraction of sp³-hybridized carbons (Fsp3) is 0.208. The van der Waals surface area contributed by atoms with Gasteiger partial charge in [-0.05, 0) is 122 Å². The fourth-order valence-electron chi connectivity index (χ4n) is 10.5. The number of aromatic nitrogens is 3. The van der Waals surface area contributed by atoms with Crippen molar-refractivity contribution >= 4 is 123 Å². The quantitative estimate of drug-likeness (QED) is 0.0226. The Bertz CT molecular complexity index is 4670. The zero-order chi connectivity index (χ0) is 60.7. The first-order valence-electron chi connectivity index (χ1n) is 24.7. The second kappa shape index (κ2) is 21.3. The highest BCUT2D eigenvalue weighted by atomic mass is 32.3. The summed E-state index contributed by atoms with van der Waals surface area (Å²) in [5.41, 5.74) is 3.03. The van der Waals surface area contributed by atoms with Crippen LogP contribution in [0.3, 0.4) is 0 Å². The molecule has 0 saturated carbocycles. The van der Waals surface area contributed by atoms with Crippen molar-refractivity contribution in [3.63, 3.8) is 0 Å². The Morgan fingerprint density at radius 2 is 1.27 bits per heavy atom. The van der Waals surface area contributed by atoms with Gasteiger partial charge < -0.3 is 10.2 Å². The average molecular weight is 1250 g/mol. The van der Waals surface area contributed by atoms with Crippen molar-refractivity contribution < 1.29 is 74.5 Å². The van der Waals surface area contributed by atoms with Gasteiger partial charge in [-0.25, -0.2) is 13.6 Å². The van der Waals surface area contributed by atoms with E-state index in [2.05, 4.69) is 20.8 Å². The van der Waals surface area contributed by atoms with E-state index in [0.717, 1.165) is 12.1 Å². The lowest BCUT2D eigenvalue weighted by atomic mass is 9.79. The second-order valence-electron chi connectivity index (χ2n) is 20.2. The molecule has 0 unspecified atom stereocenters. The van der Waals surface area contributed by atoms with Crippen molar-refractivity contribution in [3.8, 4) is 0 Å².